The highest BCUT2D eigenvalue weighted by atomic mass is 16.5. The number of aromatic nitrogens is 1. The second kappa shape index (κ2) is 7.49. The summed E-state index contributed by atoms with van der Waals surface area (Å²) in [5.41, 5.74) is 8.75. The molecule has 2 N–H and O–H groups in total. The van der Waals surface area contributed by atoms with Gasteiger partial charge in [-0.05, 0) is 12.5 Å². The summed E-state index contributed by atoms with van der Waals surface area (Å²) in [5.74, 6) is -0.451. The zero-order valence-electron chi connectivity index (χ0n) is 14.3. The Labute approximate surface area is 151 Å². The van der Waals surface area contributed by atoms with Crippen LogP contribution < -0.4 is 5.73 Å². The Balaban J connectivity index is 2.42. The number of carbonyl (C=O) groups excluding carboxylic acids is 1. The van der Waals surface area contributed by atoms with Crippen LogP contribution in [0.15, 0.2) is 60.7 Å². The molecule has 128 valence electrons. The molecule has 0 fully saturated rings. The van der Waals surface area contributed by atoms with Crippen molar-refractivity contribution in [1.29, 1.82) is 5.26 Å². The molecule has 0 atom stereocenters. The maximum absolute atomic E-state index is 12.8. The van der Waals surface area contributed by atoms with Crippen molar-refractivity contribution < 1.29 is 9.53 Å². The predicted octanol–water partition coefficient (Wildman–Crippen LogP) is 4.05. The first-order valence-corrected chi connectivity index (χ1v) is 8.18. The van der Waals surface area contributed by atoms with Gasteiger partial charge in [-0.25, -0.2) is 9.78 Å². The van der Waals surface area contributed by atoms with Gasteiger partial charge in [-0.1, -0.05) is 60.7 Å². The Morgan fingerprint density at radius 2 is 1.65 bits per heavy atom. The minimum atomic E-state index is -0.533. The molecule has 3 aromatic rings. The van der Waals surface area contributed by atoms with Crippen molar-refractivity contribution >= 4 is 11.8 Å². The standard InChI is InChI=1S/C21H17N3O2/c1-2-26-21(25)18-17(14-9-5-3-6-10-14)16(13-22)20(23)24-19(18)15-11-7-4-8-12-15/h3-12H,2H2,1H3,(H2,23,24). The molecular formula is C21H17N3O2. The molecule has 0 saturated carbocycles. The highest BCUT2D eigenvalue weighted by Crippen LogP contribution is 2.36. The minimum absolute atomic E-state index is 0.0817. The van der Waals surface area contributed by atoms with Crippen LogP contribution in [0.25, 0.3) is 22.4 Å². The fraction of sp³-hybridized carbons (Fsp3) is 0.0952. The molecule has 2 aromatic carbocycles. The lowest BCUT2D eigenvalue weighted by Gasteiger charge is -2.16. The number of hydrogen-bond acceptors (Lipinski definition) is 5. The minimum Gasteiger partial charge on any atom is -0.462 e. The highest BCUT2D eigenvalue weighted by molar-refractivity contribution is 6.05. The van der Waals surface area contributed by atoms with Gasteiger partial charge in [-0.2, -0.15) is 5.26 Å². The molecule has 0 aliphatic carbocycles. The molecule has 0 aliphatic rings. The number of nitrogens with two attached hydrogens (primary N) is 1. The van der Waals surface area contributed by atoms with Crippen LogP contribution in [-0.2, 0) is 4.74 Å². The van der Waals surface area contributed by atoms with E-state index in [0.29, 0.717) is 16.8 Å². The molecule has 1 heterocycles. The zero-order chi connectivity index (χ0) is 18.5. The van der Waals surface area contributed by atoms with Gasteiger partial charge in [0.15, 0.2) is 0 Å². The summed E-state index contributed by atoms with van der Waals surface area (Å²) in [6.07, 6.45) is 0. The van der Waals surface area contributed by atoms with E-state index < -0.39 is 5.97 Å². The van der Waals surface area contributed by atoms with Crippen molar-refractivity contribution in [3.05, 3.63) is 71.8 Å². The van der Waals surface area contributed by atoms with Crippen LogP contribution in [0.1, 0.15) is 22.8 Å². The van der Waals surface area contributed by atoms with Gasteiger partial charge in [0.2, 0.25) is 0 Å². The van der Waals surface area contributed by atoms with Crippen LogP contribution in [0.2, 0.25) is 0 Å². The summed E-state index contributed by atoms with van der Waals surface area (Å²) in [5, 5.41) is 9.64. The first-order chi connectivity index (χ1) is 12.7. The van der Waals surface area contributed by atoms with E-state index >= 15 is 0 Å². The Bertz CT molecular complexity index is 978. The number of nitrogen functional groups attached to an aromatic ring is 1. The molecule has 3 rings (SSSR count). The first-order valence-electron chi connectivity index (χ1n) is 8.18. The van der Waals surface area contributed by atoms with E-state index in [-0.39, 0.29) is 23.6 Å². The summed E-state index contributed by atoms with van der Waals surface area (Å²) in [6, 6.07) is 20.5. The number of ether oxygens (including phenoxy) is 1. The average molecular weight is 343 g/mol. The van der Waals surface area contributed by atoms with Gasteiger partial charge in [0.1, 0.15) is 17.5 Å². The SMILES string of the molecule is CCOC(=O)c1c(-c2ccccc2)nc(N)c(C#N)c1-c1ccccc1. The number of nitriles is 1. The Morgan fingerprint density at radius 3 is 2.19 bits per heavy atom. The van der Waals surface area contributed by atoms with Gasteiger partial charge in [0.25, 0.3) is 0 Å². The summed E-state index contributed by atoms with van der Waals surface area (Å²) in [7, 11) is 0. The molecule has 0 saturated heterocycles. The molecule has 5 heteroatoms. The quantitative estimate of drug-likeness (QED) is 0.722. The molecule has 5 nitrogen and oxygen atoms in total. The lowest BCUT2D eigenvalue weighted by molar-refractivity contribution is 0.0528. The van der Waals surface area contributed by atoms with Crippen molar-refractivity contribution in [2.75, 3.05) is 12.3 Å². The molecule has 0 unspecified atom stereocenters. The normalized spacial score (nSPS) is 10.2. The van der Waals surface area contributed by atoms with Gasteiger partial charge in [0.05, 0.1) is 17.9 Å². The molecule has 0 aliphatic heterocycles. The van der Waals surface area contributed by atoms with Crippen LogP contribution in [0.3, 0.4) is 0 Å². The summed E-state index contributed by atoms with van der Waals surface area (Å²) < 4.78 is 5.26. The Morgan fingerprint density at radius 1 is 1.08 bits per heavy atom. The van der Waals surface area contributed by atoms with Gasteiger partial charge in [-0.3, -0.25) is 0 Å². The van der Waals surface area contributed by atoms with Crippen molar-refractivity contribution in [3.63, 3.8) is 0 Å². The van der Waals surface area contributed by atoms with Gasteiger partial charge >= 0.3 is 5.97 Å². The molecule has 0 radical (unpaired) electrons. The summed E-state index contributed by atoms with van der Waals surface area (Å²) >= 11 is 0. The van der Waals surface area contributed by atoms with E-state index in [1.807, 2.05) is 60.7 Å². The maximum atomic E-state index is 12.8. The summed E-state index contributed by atoms with van der Waals surface area (Å²) in [4.78, 5) is 17.2. The largest absolute Gasteiger partial charge is 0.462 e. The molecule has 1 aromatic heterocycles. The monoisotopic (exact) mass is 343 g/mol. The number of hydrogen-bond donors (Lipinski definition) is 1. The smallest absolute Gasteiger partial charge is 0.341 e. The number of esters is 1. The number of anilines is 1. The van der Waals surface area contributed by atoms with E-state index in [9.17, 15) is 10.1 Å². The maximum Gasteiger partial charge on any atom is 0.341 e. The van der Waals surface area contributed by atoms with Crippen LogP contribution in [0, 0.1) is 11.3 Å². The number of rotatable bonds is 4. The van der Waals surface area contributed by atoms with Crippen molar-refractivity contribution in [2.24, 2.45) is 0 Å². The number of carbonyl (C=O) groups is 1. The van der Waals surface area contributed by atoms with E-state index in [2.05, 4.69) is 11.1 Å². The second-order valence-corrected chi connectivity index (χ2v) is 5.53. The van der Waals surface area contributed by atoms with E-state index in [4.69, 9.17) is 10.5 Å². The van der Waals surface area contributed by atoms with Gasteiger partial charge in [-0.15, -0.1) is 0 Å². The number of pyridine rings is 1. The second-order valence-electron chi connectivity index (χ2n) is 5.53. The molecular weight excluding hydrogens is 326 g/mol. The fourth-order valence-corrected chi connectivity index (χ4v) is 2.82. The average Bonchev–Trinajstić information content (AvgIpc) is 2.68. The zero-order valence-corrected chi connectivity index (χ0v) is 14.3. The van der Waals surface area contributed by atoms with Crippen molar-refractivity contribution in [1.82, 2.24) is 4.98 Å². The van der Waals surface area contributed by atoms with Crippen LogP contribution in [0.5, 0.6) is 0 Å². The van der Waals surface area contributed by atoms with Crippen LogP contribution >= 0.6 is 0 Å². The molecule has 0 spiro atoms. The fourth-order valence-electron chi connectivity index (χ4n) is 2.82. The molecule has 0 bridgehead atoms. The first kappa shape index (κ1) is 17.2. The van der Waals surface area contributed by atoms with E-state index in [1.165, 1.54) is 0 Å². The van der Waals surface area contributed by atoms with Crippen LogP contribution in [-0.4, -0.2) is 17.6 Å². The molecule has 0 amide bonds. The van der Waals surface area contributed by atoms with E-state index in [1.54, 1.807) is 6.92 Å². The Hall–Kier alpha value is -3.65. The van der Waals surface area contributed by atoms with Crippen molar-refractivity contribution in [3.8, 4) is 28.5 Å². The molecule has 26 heavy (non-hydrogen) atoms. The lowest BCUT2D eigenvalue weighted by atomic mass is 9.92. The third kappa shape index (κ3) is 3.13. The third-order valence-corrected chi connectivity index (χ3v) is 3.93. The number of nitrogens with zero attached hydrogens (tertiary/aromatic N) is 2. The highest BCUT2D eigenvalue weighted by Gasteiger charge is 2.26. The van der Waals surface area contributed by atoms with Gasteiger partial charge in [0, 0.05) is 11.1 Å². The van der Waals surface area contributed by atoms with Crippen LogP contribution in [0.4, 0.5) is 5.82 Å². The summed E-state index contributed by atoms with van der Waals surface area (Å²) in [6.45, 7) is 1.95. The van der Waals surface area contributed by atoms with E-state index in [0.717, 1.165) is 5.56 Å². The topological polar surface area (TPSA) is 89.0 Å². The lowest BCUT2D eigenvalue weighted by Crippen LogP contribution is -2.13. The number of benzene rings is 2. The third-order valence-electron chi connectivity index (χ3n) is 3.93. The predicted molar refractivity (Wildman–Crippen MR) is 100 cm³/mol. The Kier molecular flexibility index (Phi) is 4.95. The van der Waals surface area contributed by atoms with Gasteiger partial charge < -0.3 is 10.5 Å². The van der Waals surface area contributed by atoms with Crippen molar-refractivity contribution in [2.45, 2.75) is 6.92 Å².